The van der Waals surface area contributed by atoms with E-state index in [2.05, 4.69) is 43.0 Å². The first-order chi connectivity index (χ1) is 8.25. The van der Waals surface area contributed by atoms with Crippen LogP contribution in [0.3, 0.4) is 0 Å². The van der Waals surface area contributed by atoms with Crippen LogP contribution < -0.4 is 4.90 Å². The van der Waals surface area contributed by atoms with Gasteiger partial charge in [-0.1, -0.05) is 18.6 Å². The third-order valence-corrected chi connectivity index (χ3v) is 4.22. The number of nitrogens with zero attached hydrogens (tertiary/aromatic N) is 1. The Labute approximate surface area is 104 Å². The molecule has 0 aromatic heterocycles. The van der Waals surface area contributed by atoms with Gasteiger partial charge in [0.1, 0.15) is 0 Å². The maximum absolute atomic E-state index is 9.55. The zero-order chi connectivity index (χ0) is 12.3. The number of hydrogen-bond donors (Lipinski definition) is 1. The molecule has 1 N–H and O–H groups in total. The topological polar surface area (TPSA) is 23.5 Å². The van der Waals surface area contributed by atoms with Gasteiger partial charge in [0.2, 0.25) is 0 Å². The van der Waals surface area contributed by atoms with Gasteiger partial charge in [-0.25, -0.2) is 0 Å². The zero-order valence-electron chi connectivity index (χ0n) is 10.9. The highest BCUT2D eigenvalue weighted by molar-refractivity contribution is 5.49. The van der Waals surface area contributed by atoms with E-state index in [-0.39, 0.29) is 12.0 Å². The van der Waals surface area contributed by atoms with Crippen LogP contribution in [0.25, 0.3) is 0 Å². The largest absolute Gasteiger partial charge is 0.395 e. The molecular formula is C15H23NO. The Morgan fingerprint density at radius 3 is 2.06 bits per heavy atom. The van der Waals surface area contributed by atoms with Crippen molar-refractivity contribution in [1.82, 2.24) is 0 Å². The summed E-state index contributed by atoms with van der Waals surface area (Å²) in [5, 5.41) is 9.55. The highest BCUT2D eigenvalue weighted by Crippen LogP contribution is 2.43. The van der Waals surface area contributed by atoms with Gasteiger partial charge in [-0.05, 0) is 44.4 Å². The molecule has 0 radical (unpaired) electrons. The molecule has 0 aliphatic heterocycles. The number of aliphatic hydroxyl groups excluding tert-OH is 1. The maximum atomic E-state index is 9.55. The highest BCUT2D eigenvalue weighted by Gasteiger charge is 2.37. The van der Waals surface area contributed by atoms with Crippen LogP contribution in [0.5, 0.6) is 0 Å². The Kier molecular flexibility index (Phi) is 3.72. The van der Waals surface area contributed by atoms with Crippen LogP contribution in [0.15, 0.2) is 24.3 Å². The number of anilines is 1. The van der Waals surface area contributed by atoms with Gasteiger partial charge < -0.3 is 10.0 Å². The molecule has 0 amide bonds. The van der Waals surface area contributed by atoms with Gasteiger partial charge in [-0.3, -0.25) is 0 Å². The van der Waals surface area contributed by atoms with Crippen molar-refractivity contribution in [3.05, 3.63) is 29.8 Å². The summed E-state index contributed by atoms with van der Waals surface area (Å²) in [6, 6.07) is 8.78. The number of rotatable bonds is 5. The van der Waals surface area contributed by atoms with E-state index in [1.54, 1.807) is 0 Å². The van der Waals surface area contributed by atoms with Crippen LogP contribution in [-0.2, 0) is 5.41 Å². The first kappa shape index (κ1) is 12.4. The molecule has 1 aliphatic rings. The van der Waals surface area contributed by atoms with E-state index < -0.39 is 0 Å². The molecule has 1 aromatic rings. The van der Waals surface area contributed by atoms with Crippen molar-refractivity contribution in [2.75, 3.05) is 24.6 Å². The third-order valence-electron chi connectivity index (χ3n) is 4.22. The van der Waals surface area contributed by atoms with Crippen LogP contribution in [0.4, 0.5) is 5.69 Å². The lowest BCUT2D eigenvalue weighted by molar-refractivity contribution is 0.120. The lowest BCUT2D eigenvalue weighted by Crippen LogP contribution is -2.37. The van der Waals surface area contributed by atoms with Crippen molar-refractivity contribution >= 4 is 5.69 Å². The predicted molar refractivity (Wildman–Crippen MR) is 72.6 cm³/mol. The van der Waals surface area contributed by atoms with E-state index in [1.165, 1.54) is 17.7 Å². The van der Waals surface area contributed by atoms with Gasteiger partial charge in [0.05, 0.1) is 6.61 Å². The molecule has 0 unspecified atom stereocenters. The molecule has 0 atom stereocenters. The minimum Gasteiger partial charge on any atom is -0.395 e. The Bertz CT molecular complexity index is 344. The summed E-state index contributed by atoms with van der Waals surface area (Å²) in [5.74, 6) is 0. The molecule has 17 heavy (non-hydrogen) atoms. The number of benzene rings is 1. The fourth-order valence-corrected chi connectivity index (χ4v) is 2.76. The molecule has 1 saturated carbocycles. The molecule has 0 spiro atoms. The first-order valence-corrected chi connectivity index (χ1v) is 6.72. The van der Waals surface area contributed by atoms with Crippen molar-refractivity contribution < 1.29 is 5.11 Å². The molecule has 0 heterocycles. The maximum Gasteiger partial charge on any atom is 0.0527 e. The first-order valence-electron chi connectivity index (χ1n) is 6.72. The summed E-state index contributed by atoms with van der Waals surface area (Å²) >= 11 is 0. The third kappa shape index (κ3) is 2.19. The van der Waals surface area contributed by atoms with Crippen molar-refractivity contribution in [1.29, 1.82) is 0 Å². The number of hydrogen-bond acceptors (Lipinski definition) is 2. The van der Waals surface area contributed by atoms with Gasteiger partial charge in [0.15, 0.2) is 0 Å². The average molecular weight is 233 g/mol. The Hall–Kier alpha value is -1.02. The standard InChI is InChI=1S/C15H23NO/c1-3-16(4-2)14-8-6-13(7-9-14)15(12-17)10-5-11-15/h6-9,17H,3-5,10-12H2,1-2H3. The van der Waals surface area contributed by atoms with E-state index in [0.717, 1.165) is 25.9 Å². The van der Waals surface area contributed by atoms with Gasteiger partial charge in [0, 0.05) is 24.2 Å². The molecule has 1 fully saturated rings. The normalized spacial score (nSPS) is 17.6. The summed E-state index contributed by atoms with van der Waals surface area (Å²) in [6.07, 6.45) is 3.51. The van der Waals surface area contributed by atoms with Crippen LogP contribution >= 0.6 is 0 Å². The molecule has 2 heteroatoms. The molecule has 2 rings (SSSR count). The second kappa shape index (κ2) is 5.09. The van der Waals surface area contributed by atoms with Crippen molar-refractivity contribution in [2.24, 2.45) is 0 Å². The summed E-state index contributed by atoms with van der Waals surface area (Å²) < 4.78 is 0. The van der Waals surface area contributed by atoms with Crippen molar-refractivity contribution in [2.45, 2.75) is 38.5 Å². The molecular weight excluding hydrogens is 210 g/mol. The summed E-state index contributed by atoms with van der Waals surface area (Å²) in [6.45, 7) is 6.73. The SMILES string of the molecule is CCN(CC)c1ccc(C2(CO)CCC2)cc1. The van der Waals surface area contributed by atoms with Crippen LogP contribution in [-0.4, -0.2) is 24.8 Å². The van der Waals surface area contributed by atoms with Crippen molar-refractivity contribution in [3.63, 3.8) is 0 Å². The second-order valence-electron chi connectivity index (χ2n) is 5.01. The van der Waals surface area contributed by atoms with Crippen LogP contribution in [0.2, 0.25) is 0 Å². The predicted octanol–water partition coefficient (Wildman–Crippen LogP) is 2.95. The Morgan fingerprint density at radius 2 is 1.71 bits per heavy atom. The van der Waals surface area contributed by atoms with Crippen molar-refractivity contribution in [3.8, 4) is 0 Å². The smallest absolute Gasteiger partial charge is 0.0527 e. The van der Waals surface area contributed by atoms with Gasteiger partial charge >= 0.3 is 0 Å². The second-order valence-corrected chi connectivity index (χ2v) is 5.01. The van der Waals surface area contributed by atoms with E-state index in [0.29, 0.717) is 0 Å². The fourth-order valence-electron chi connectivity index (χ4n) is 2.76. The van der Waals surface area contributed by atoms with Crippen LogP contribution in [0, 0.1) is 0 Å². The van der Waals surface area contributed by atoms with Crippen LogP contribution in [0.1, 0.15) is 38.7 Å². The molecule has 1 aromatic carbocycles. The molecule has 0 saturated heterocycles. The lowest BCUT2D eigenvalue weighted by Gasteiger charge is -2.41. The monoisotopic (exact) mass is 233 g/mol. The fraction of sp³-hybridized carbons (Fsp3) is 0.600. The van der Waals surface area contributed by atoms with Gasteiger partial charge in [-0.2, -0.15) is 0 Å². The molecule has 1 aliphatic carbocycles. The van der Waals surface area contributed by atoms with E-state index in [9.17, 15) is 5.11 Å². The van der Waals surface area contributed by atoms with E-state index in [1.807, 2.05) is 0 Å². The van der Waals surface area contributed by atoms with E-state index in [4.69, 9.17) is 0 Å². The quantitative estimate of drug-likeness (QED) is 0.845. The summed E-state index contributed by atoms with van der Waals surface area (Å²) in [7, 11) is 0. The Morgan fingerprint density at radius 1 is 1.12 bits per heavy atom. The Balaban J connectivity index is 2.17. The summed E-state index contributed by atoms with van der Waals surface area (Å²) in [4.78, 5) is 2.34. The minimum atomic E-state index is 0.0712. The molecule has 0 bridgehead atoms. The highest BCUT2D eigenvalue weighted by atomic mass is 16.3. The van der Waals surface area contributed by atoms with Gasteiger partial charge in [-0.15, -0.1) is 0 Å². The summed E-state index contributed by atoms with van der Waals surface area (Å²) in [5.41, 5.74) is 2.66. The zero-order valence-corrected chi connectivity index (χ0v) is 10.9. The van der Waals surface area contributed by atoms with Gasteiger partial charge in [0.25, 0.3) is 0 Å². The molecule has 94 valence electrons. The number of aliphatic hydroxyl groups is 1. The lowest BCUT2D eigenvalue weighted by atomic mass is 9.65. The average Bonchev–Trinajstić information content (AvgIpc) is 2.32. The van der Waals surface area contributed by atoms with E-state index >= 15 is 0 Å². The molecule has 2 nitrogen and oxygen atoms in total. The minimum absolute atomic E-state index is 0.0712.